The molecule has 0 bridgehead atoms. The molecule has 0 amide bonds. The van der Waals surface area contributed by atoms with Crippen molar-refractivity contribution in [1.82, 2.24) is 0 Å². The fourth-order valence-corrected chi connectivity index (χ4v) is 2.07. The molecule has 0 atom stereocenters. The highest BCUT2D eigenvalue weighted by Crippen LogP contribution is 2.21. The lowest BCUT2D eigenvalue weighted by Crippen LogP contribution is -2.11. The number of halogens is 2. The largest absolute Gasteiger partial charge is 0.506 e. The predicted octanol–water partition coefficient (Wildman–Crippen LogP) is 4.71. The van der Waals surface area contributed by atoms with Gasteiger partial charge in [-0.3, -0.25) is 4.99 Å². The van der Waals surface area contributed by atoms with E-state index in [-0.39, 0.29) is 17.9 Å². The summed E-state index contributed by atoms with van der Waals surface area (Å²) in [5, 5.41) is 10.8. The van der Waals surface area contributed by atoms with Gasteiger partial charge in [0.05, 0.1) is 12.3 Å². The minimum Gasteiger partial charge on any atom is -0.506 e. The Kier molecular flexibility index (Phi) is 6.09. The number of aliphatic imine (C=N–C) groups is 1. The molecule has 0 saturated carbocycles. The molecule has 24 heavy (non-hydrogen) atoms. The minimum absolute atomic E-state index is 0.122. The molecule has 0 heterocycles. The summed E-state index contributed by atoms with van der Waals surface area (Å²) in [6.45, 7) is 1.80. The number of carbonyl (C=O) groups excluding carboxylic acids is 1. The van der Waals surface area contributed by atoms with Crippen LogP contribution in [0, 0.1) is 5.82 Å². The fourth-order valence-electron chi connectivity index (χ4n) is 1.88. The van der Waals surface area contributed by atoms with Crippen molar-refractivity contribution in [1.29, 1.82) is 0 Å². The number of carbonyl (C=O) groups is 1. The number of benzene rings is 2. The Balaban J connectivity index is 2.42. The first-order chi connectivity index (χ1) is 11.5. The van der Waals surface area contributed by atoms with Crippen LogP contribution in [-0.2, 0) is 9.53 Å². The predicted molar refractivity (Wildman–Crippen MR) is 92.2 cm³/mol. The Morgan fingerprint density at radius 2 is 2.00 bits per heavy atom. The molecule has 124 valence electrons. The van der Waals surface area contributed by atoms with Gasteiger partial charge in [0.15, 0.2) is 0 Å². The summed E-state index contributed by atoms with van der Waals surface area (Å²) in [7, 11) is 0. The molecule has 0 radical (unpaired) electrons. The summed E-state index contributed by atoms with van der Waals surface area (Å²) in [5.74, 6) is -1.42. The van der Waals surface area contributed by atoms with Crippen LogP contribution in [0.5, 0.6) is 0 Å². The summed E-state index contributed by atoms with van der Waals surface area (Å²) in [6.07, 6.45) is 1.18. The number of hydrogen-bond acceptors (Lipinski definition) is 4. The Bertz CT molecular complexity index is 785. The number of rotatable bonds is 5. The second-order valence-corrected chi connectivity index (χ2v) is 5.16. The van der Waals surface area contributed by atoms with E-state index in [1.54, 1.807) is 25.1 Å². The second-order valence-electron chi connectivity index (χ2n) is 4.73. The Morgan fingerprint density at radius 1 is 1.29 bits per heavy atom. The van der Waals surface area contributed by atoms with E-state index in [9.17, 15) is 14.3 Å². The van der Waals surface area contributed by atoms with E-state index < -0.39 is 11.8 Å². The van der Waals surface area contributed by atoms with E-state index in [1.165, 1.54) is 36.5 Å². The van der Waals surface area contributed by atoms with Crippen LogP contribution in [0.3, 0.4) is 0 Å². The SMILES string of the molecule is CCOC(=O)C(C=Nc1ccc(F)cc1)=C(O)c1cccc(Cl)c1. The maximum Gasteiger partial charge on any atom is 0.343 e. The van der Waals surface area contributed by atoms with Gasteiger partial charge in [0.25, 0.3) is 0 Å². The third-order valence-electron chi connectivity index (χ3n) is 3.02. The lowest BCUT2D eigenvalue weighted by atomic mass is 10.1. The Labute approximate surface area is 143 Å². The number of aliphatic hydroxyl groups is 1. The second kappa shape index (κ2) is 8.26. The van der Waals surface area contributed by atoms with E-state index in [2.05, 4.69) is 4.99 Å². The van der Waals surface area contributed by atoms with Crippen molar-refractivity contribution in [3.8, 4) is 0 Å². The van der Waals surface area contributed by atoms with Crippen LogP contribution in [0.1, 0.15) is 12.5 Å². The number of esters is 1. The lowest BCUT2D eigenvalue weighted by Gasteiger charge is -2.07. The monoisotopic (exact) mass is 347 g/mol. The van der Waals surface area contributed by atoms with Crippen molar-refractivity contribution in [2.24, 2.45) is 4.99 Å². The van der Waals surface area contributed by atoms with Gasteiger partial charge >= 0.3 is 5.97 Å². The van der Waals surface area contributed by atoms with Crippen LogP contribution >= 0.6 is 11.6 Å². The van der Waals surface area contributed by atoms with E-state index >= 15 is 0 Å². The van der Waals surface area contributed by atoms with E-state index in [1.807, 2.05) is 0 Å². The van der Waals surface area contributed by atoms with Crippen LogP contribution in [-0.4, -0.2) is 23.9 Å². The first kappa shape index (κ1) is 17.7. The molecule has 0 aliphatic carbocycles. The zero-order valence-electron chi connectivity index (χ0n) is 12.9. The molecule has 6 heteroatoms. The van der Waals surface area contributed by atoms with Gasteiger partial charge < -0.3 is 9.84 Å². The first-order valence-corrected chi connectivity index (χ1v) is 7.55. The van der Waals surface area contributed by atoms with Crippen LogP contribution < -0.4 is 0 Å². The molecule has 0 saturated heterocycles. The minimum atomic E-state index is -0.721. The highest BCUT2D eigenvalue weighted by atomic mass is 35.5. The molecule has 0 fully saturated rings. The summed E-state index contributed by atoms with van der Waals surface area (Å²) < 4.78 is 17.9. The highest BCUT2D eigenvalue weighted by molar-refractivity contribution is 6.30. The molecule has 0 aliphatic rings. The van der Waals surface area contributed by atoms with Crippen molar-refractivity contribution in [2.75, 3.05) is 6.61 Å². The number of nitrogens with zero attached hydrogens (tertiary/aromatic N) is 1. The van der Waals surface area contributed by atoms with Crippen LogP contribution in [0.25, 0.3) is 5.76 Å². The third kappa shape index (κ3) is 4.67. The molecule has 0 aliphatic heterocycles. The molecular weight excluding hydrogens is 333 g/mol. The molecule has 1 N–H and O–H groups in total. The Hall–Kier alpha value is -2.66. The fraction of sp³-hybridized carbons (Fsp3) is 0.111. The third-order valence-corrected chi connectivity index (χ3v) is 3.25. The zero-order chi connectivity index (χ0) is 17.5. The maximum absolute atomic E-state index is 12.9. The maximum atomic E-state index is 12.9. The number of hydrogen-bond donors (Lipinski definition) is 1. The van der Waals surface area contributed by atoms with Gasteiger partial charge in [-0.05, 0) is 43.3 Å². The zero-order valence-corrected chi connectivity index (χ0v) is 13.6. The molecule has 2 rings (SSSR count). The molecule has 2 aromatic carbocycles. The Morgan fingerprint density at radius 3 is 2.62 bits per heavy atom. The van der Waals surface area contributed by atoms with E-state index in [0.717, 1.165) is 0 Å². The molecular formula is C18H15ClFNO3. The van der Waals surface area contributed by atoms with Crippen molar-refractivity contribution in [3.63, 3.8) is 0 Å². The van der Waals surface area contributed by atoms with Gasteiger partial charge in [0.1, 0.15) is 17.1 Å². The summed E-state index contributed by atoms with van der Waals surface area (Å²) in [6, 6.07) is 11.8. The highest BCUT2D eigenvalue weighted by Gasteiger charge is 2.16. The van der Waals surface area contributed by atoms with Crippen LogP contribution in [0.15, 0.2) is 59.1 Å². The van der Waals surface area contributed by atoms with Gasteiger partial charge in [-0.25, -0.2) is 9.18 Å². The smallest absolute Gasteiger partial charge is 0.343 e. The molecule has 0 unspecified atom stereocenters. The van der Waals surface area contributed by atoms with E-state index in [0.29, 0.717) is 16.3 Å². The van der Waals surface area contributed by atoms with Gasteiger partial charge in [-0.2, -0.15) is 0 Å². The van der Waals surface area contributed by atoms with Gasteiger partial charge in [-0.15, -0.1) is 0 Å². The standard InChI is InChI=1S/C18H15ClFNO3/c1-2-24-18(23)16(11-21-15-8-6-14(20)7-9-15)17(22)12-4-3-5-13(19)10-12/h3-11,22H,2H2,1H3. The van der Waals surface area contributed by atoms with Gasteiger partial charge in [-0.1, -0.05) is 23.7 Å². The van der Waals surface area contributed by atoms with Gasteiger partial charge in [0, 0.05) is 16.8 Å². The number of aliphatic hydroxyl groups excluding tert-OH is 1. The van der Waals surface area contributed by atoms with Gasteiger partial charge in [0.2, 0.25) is 0 Å². The van der Waals surface area contributed by atoms with E-state index in [4.69, 9.17) is 16.3 Å². The summed E-state index contributed by atoms with van der Waals surface area (Å²) in [5.41, 5.74) is 0.664. The molecule has 0 spiro atoms. The quantitative estimate of drug-likeness (QED) is 0.368. The number of ether oxygens (including phenoxy) is 1. The average molecular weight is 348 g/mol. The summed E-state index contributed by atoms with van der Waals surface area (Å²) >= 11 is 5.90. The summed E-state index contributed by atoms with van der Waals surface area (Å²) in [4.78, 5) is 16.2. The van der Waals surface area contributed by atoms with Crippen molar-refractivity contribution in [2.45, 2.75) is 6.92 Å². The average Bonchev–Trinajstić information content (AvgIpc) is 2.57. The van der Waals surface area contributed by atoms with Crippen LogP contribution in [0.2, 0.25) is 5.02 Å². The topological polar surface area (TPSA) is 58.9 Å². The first-order valence-electron chi connectivity index (χ1n) is 7.17. The van der Waals surface area contributed by atoms with Crippen molar-refractivity contribution >= 4 is 35.2 Å². The van der Waals surface area contributed by atoms with Crippen molar-refractivity contribution in [3.05, 3.63) is 70.5 Å². The van der Waals surface area contributed by atoms with Crippen molar-refractivity contribution < 1.29 is 19.0 Å². The molecule has 2 aromatic rings. The van der Waals surface area contributed by atoms with Crippen LogP contribution in [0.4, 0.5) is 10.1 Å². The molecule has 4 nitrogen and oxygen atoms in total. The lowest BCUT2D eigenvalue weighted by molar-refractivity contribution is -0.137. The normalized spacial score (nSPS) is 12.1. The molecule has 0 aromatic heterocycles.